The predicted octanol–water partition coefficient (Wildman–Crippen LogP) is 4.67. The van der Waals surface area contributed by atoms with E-state index in [1.165, 1.54) is 22.8 Å². The lowest BCUT2D eigenvalue weighted by atomic mass is 9.99. The van der Waals surface area contributed by atoms with Gasteiger partial charge in [0.25, 0.3) is 0 Å². The molecule has 21 heavy (non-hydrogen) atoms. The summed E-state index contributed by atoms with van der Waals surface area (Å²) in [4.78, 5) is 4.54. The molecule has 2 heteroatoms. The monoisotopic (exact) mass is 275 g/mol. The Bertz CT molecular complexity index is 893. The molecule has 4 rings (SSSR count). The van der Waals surface area contributed by atoms with Gasteiger partial charge >= 0.3 is 0 Å². The average Bonchev–Trinajstić information content (AvgIpc) is 2.93. The molecule has 102 valence electrons. The second kappa shape index (κ2) is 4.52. The first kappa shape index (κ1) is 12.3. The van der Waals surface area contributed by atoms with E-state index < -0.39 is 0 Å². The van der Waals surface area contributed by atoms with Gasteiger partial charge in [-0.1, -0.05) is 42.5 Å². The largest absolute Gasteiger partial charge is 0.245 e. The standard InChI is InChI=1S/C19H14FN/c1-12-4-2-6-15-14(12)9-10-16(15)18-11-8-13-5-3-7-17(20)19(13)21-18/h2-8,10-11H,9H2,1H3. The molecule has 1 aliphatic carbocycles. The van der Waals surface area contributed by atoms with Gasteiger partial charge in [-0.25, -0.2) is 9.37 Å². The molecule has 0 radical (unpaired) electrons. The highest BCUT2D eigenvalue weighted by atomic mass is 19.1. The summed E-state index contributed by atoms with van der Waals surface area (Å²) in [7, 11) is 0. The van der Waals surface area contributed by atoms with Gasteiger partial charge in [-0.3, -0.25) is 0 Å². The van der Waals surface area contributed by atoms with Crippen LogP contribution in [-0.4, -0.2) is 4.98 Å². The normalized spacial score (nSPS) is 13.3. The van der Waals surface area contributed by atoms with Crippen molar-refractivity contribution in [2.45, 2.75) is 13.3 Å². The molecule has 0 unspecified atom stereocenters. The van der Waals surface area contributed by atoms with E-state index in [9.17, 15) is 4.39 Å². The Labute approximate surface area is 122 Å². The van der Waals surface area contributed by atoms with Crippen molar-refractivity contribution in [3.63, 3.8) is 0 Å². The van der Waals surface area contributed by atoms with Crippen molar-refractivity contribution in [1.82, 2.24) is 4.98 Å². The fourth-order valence-electron chi connectivity index (χ4n) is 3.04. The summed E-state index contributed by atoms with van der Waals surface area (Å²) in [6.45, 7) is 2.13. The number of halogens is 1. The van der Waals surface area contributed by atoms with Gasteiger partial charge in [0.1, 0.15) is 11.3 Å². The Balaban J connectivity index is 1.90. The van der Waals surface area contributed by atoms with E-state index in [0.717, 1.165) is 23.1 Å². The highest BCUT2D eigenvalue weighted by Gasteiger charge is 2.18. The number of allylic oxidation sites excluding steroid dienone is 1. The van der Waals surface area contributed by atoms with Gasteiger partial charge in [0.2, 0.25) is 0 Å². The number of aryl methyl sites for hydroxylation is 1. The minimum absolute atomic E-state index is 0.266. The molecular weight excluding hydrogens is 261 g/mol. The zero-order chi connectivity index (χ0) is 14.4. The molecule has 0 aliphatic heterocycles. The molecule has 2 aromatic carbocycles. The van der Waals surface area contributed by atoms with Gasteiger partial charge in [-0.2, -0.15) is 0 Å². The summed E-state index contributed by atoms with van der Waals surface area (Å²) in [5, 5.41) is 0.835. The van der Waals surface area contributed by atoms with Crippen molar-refractivity contribution in [2.75, 3.05) is 0 Å². The second-order valence-electron chi connectivity index (χ2n) is 5.43. The Kier molecular flexibility index (Phi) is 2.64. The summed E-state index contributed by atoms with van der Waals surface area (Å²) < 4.78 is 13.9. The van der Waals surface area contributed by atoms with E-state index in [-0.39, 0.29) is 5.82 Å². The molecule has 0 bridgehead atoms. The Hall–Kier alpha value is -2.48. The van der Waals surface area contributed by atoms with Gasteiger partial charge in [-0.15, -0.1) is 0 Å². The van der Waals surface area contributed by atoms with Crippen LogP contribution in [0.2, 0.25) is 0 Å². The van der Waals surface area contributed by atoms with Gasteiger partial charge in [0.05, 0.1) is 5.69 Å². The lowest BCUT2D eigenvalue weighted by Crippen LogP contribution is -1.94. The highest BCUT2D eigenvalue weighted by molar-refractivity contribution is 5.87. The lowest BCUT2D eigenvalue weighted by molar-refractivity contribution is 0.636. The number of fused-ring (bicyclic) bond motifs is 2. The Morgan fingerprint density at radius 3 is 2.76 bits per heavy atom. The quantitative estimate of drug-likeness (QED) is 0.629. The van der Waals surface area contributed by atoms with E-state index >= 15 is 0 Å². The fourth-order valence-corrected chi connectivity index (χ4v) is 3.04. The second-order valence-corrected chi connectivity index (χ2v) is 5.43. The minimum atomic E-state index is -0.266. The van der Waals surface area contributed by atoms with Crippen LogP contribution in [0.3, 0.4) is 0 Å². The molecule has 0 amide bonds. The van der Waals surface area contributed by atoms with Gasteiger partial charge in [0, 0.05) is 11.0 Å². The van der Waals surface area contributed by atoms with Crippen LogP contribution in [0.25, 0.3) is 16.5 Å². The number of para-hydroxylation sites is 1. The number of nitrogens with zero attached hydrogens (tertiary/aromatic N) is 1. The third-order valence-corrected chi connectivity index (χ3v) is 4.16. The summed E-state index contributed by atoms with van der Waals surface area (Å²) >= 11 is 0. The van der Waals surface area contributed by atoms with Crippen molar-refractivity contribution in [3.8, 4) is 0 Å². The van der Waals surface area contributed by atoms with E-state index in [1.54, 1.807) is 6.07 Å². The number of pyridine rings is 1. The number of rotatable bonds is 1. The zero-order valence-corrected chi connectivity index (χ0v) is 11.7. The molecule has 1 aliphatic rings. The molecule has 1 heterocycles. The van der Waals surface area contributed by atoms with E-state index in [4.69, 9.17) is 0 Å². The molecule has 1 nitrogen and oxygen atoms in total. The minimum Gasteiger partial charge on any atom is -0.245 e. The molecule has 0 fully saturated rings. The third-order valence-electron chi connectivity index (χ3n) is 4.16. The van der Waals surface area contributed by atoms with Gasteiger partial charge in [0.15, 0.2) is 0 Å². The van der Waals surface area contributed by atoms with Crippen LogP contribution in [0.1, 0.15) is 22.4 Å². The number of aromatic nitrogens is 1. The molecule has 0 saturated carbocycles. The number of hydrogen-bond donors (Lipinski definition) is 0. The van der Waals surface area contributed by atoms with Gasteiger partial charge in [-0.05, 0) is 42.2 Å². The van der Waals surface area contributed by atoms with Crippen molar-refractivity contribution in [3.05, 3.63) is 82.8 Å². The van der Waals surface area contributed by atoms with Crippen molar-refractivity contribution >= 4 is 16.5 Å². The van der Waals surface area contributed by atoms with Crippen molar-refractivity contribution in [2.24, 2.45) is 0 Å². The van der Waals surface area contributed by atoms with Crippen LogP contribution in [0.15, 0.2) is 54.6 Å². The van der Waals surface area contributed by atoms with Crippen molar-refractivity contribution in [1.29, 1.82) is 0 Å². The smallest absolute Gasteiger partial charge is 0.149 e. The summed E-state index contributed by atoms with van der Waals surface area (Å²) in [5.41, 5.74) is 6.26. The molecule has 0 spiro atoms. The van der Waals surface area contributed by atoms with Crippen LogP contribution in [0.4, 0.5) is 4.39 Å². The first-order valence-corrected chi connectivity index (χ1v) is 7.09. The Morgan fingerprint density at radius 1 is 1.00 bits per heavy atom. The summed E-state index contributed by atoms with van der Waals surface area (Å²) in [6.07, 6.45) is 3.11. The van der Waals surface area contributed by atoms with E-state index in [1.807, 2.05) is 18.2 Å². The maximum absolute atomic E-state index is 13.9. The van der Waals surface area contributed by atoms with Crippen molar-refractivity contribution < 1.29 is 4.39 Å². The summed E-state index contributed by atoms with van der Waals surface area (Å²) in [5.74, 6) is -0.266. The first-order chi connectivity index (χ1) is 10.2. The van der Waals surface area contributed by atoms with Gasteiger partial charge < -0.3 is 0 Å². The van der Waals surface area contributed by atoms with E-state index in [0.29, 0.717) is 5.52 Å². The predicted molar refractivity (Wildman–Crippen MR) is 83.7 cm³/mol. The van der Waals surface area contributed by atoms with Crippen LogP contribution in [0, 0.1) is 12.7 Å². The third kappa shape index (κ3) is 1.87. The molecule has 1 aromatic heterocycles. The lowest BCUT2D eigenvalue weighted by Gasteiger charge is -2.08. The van der Waals surface area contributed by atoms with Crippen LogP contribution >= 0.6 is 0 Å². The zero-order valence-electron chi connectivity index (χ0n) is 11.7. The van der Waals surface area contributed by atoms with Crippen LogP contribution in [0.5, 0.6) is 0 Å². The average molecular weight is 275 g/mol. The molecule has 0 N–H and O–H groups in total. The molecular formula is C19H14FN. The van der Waals surface area contributed by atoms with E-state index in [2.05, 4.69) is 36.2 Å². The maximum Gasteiger partial charge on any atom is 0.149 e. The number of hydrogen-bond acceptors (Lipinski definition) is 1. The maximum atomic E-state index is 13.9. The molecule has 3 aromatic rings. The Morgan fingerprint density at radius 2 is 1.86 bits per heavy atom. The SMILES string of the molecule is Cc1cccc2c1CC=C2c1ccc2cccc(F)c2n1. The van der Waals surface area contributed by atoms with Crippen LogP contribution < -0.4 is 0 Å². The first-order valence-electron chi connectivity index (χ1n) is 7.09. The molecule has 0 saturated heterocycles. The van der Waals surface area contributed by atoms with Crippen LogP contribution in [-0.2, 0) is 6.42 Å². The molecule has 0 atom stereocenters. The fraction of sp³-hybridized carbons (Fsp3) is 0.105. The topological polar surface area (TPSA) is 12.9 Å². The highest BCUT2D eigenvalue weighted by Crippen LogP contribution is 2.34. The summed E-state index contributed by atoms with van der Waals surface area (Å²) in [6, 6.07) is 15.3. The number of benzene rings is 2.